The minimum atomic E-state index is -3.48. The van der Waals surface area contributed by atoms with E-state index in [2.05, 4.69) is 21.4 Å². The number of anilines is 1. The molecular formula is C34H37B4F3N6O3S. The average molecular weight is 710 g/mol. The molecule has 51 heavy (non-hydrogen) atoms. The molecule has 0 unspecified atom stereocenters. The summed E-state index contributed by atoms with van der Waals surface area (Å²) in [5.74, 6) is -6.17. The molecule has 2 saturated heterocycles. The van der Waals surface area contributed by atoms with Crippen molar-refractivity contribution < 1.29 is 21.6 Å². The van der Waals surface area contributed by atoms with Gasteiger partial charge in [0.1, 0.15) is 33.4 Å². The van der Waals surface area contributed by atoms with E-state index in [1.165, 1.54) is 24.5 Å². The van der Waals surface area contributed by atoms with Gasteiger partial charge in [-0.25, -0.2) is 31.6 Å². The highest BCUT2D eigenvalue weighted by molar-refractivity contribution is 7.91. The van der Waals surface area contributed by atoms with E-state index >= 15 is 13.2 Å². The van der Waals surface area contributed by atoms with Crippen LogP contribution in [0.4, 0.5) is 19.0 Å². The number of rotatable bonds is 1. The van der Waals surface area contributed by atoms with E-state index in [-0.39, 0.29) is 84.7 Å². The van der Waals surface area contributed by atoms with Crippen LogP contribution in [-0.2, 0) is 26.5 Å². The van der Waals surface area contributed by atoms with Crippen molar-refractivity contribution in [2.24, 2.45) is 5.92 Å². The van der Waals surface area contributed by atoms with Gasteiger partial charge in [-0.1, -0.05) is 49.2 Å². The first-order valence-corrected chi connectivity index (χ1v) is 19.1. The Morgan fingerprint density at radius 3 is 2.25 bits per heavy atom. The number of pyridine rings is 1. The van der Waals surface area contributed by atoms with Gasteiger partial charge in [0.15, 0.2) is 0 Å². The molecule has 0 saturated carbocycles. The third kappa shape index (κ3) is 6.99. The molecule has 8 radical (unpaired) electrons. The van der Waals surface area contributed by atoms with Crippen LogP contribution in [0, 0.1) is 23.1 Å². The van der Waals surface area contributed by atoms with Crippen molar-refractivity contribution in [2.75, 3.05) is 29.9 Å². The summed E-state index contributed by atoms with van der Waals surface area (Å²) >= 11 is 0. The van der Waals surface area contributed by atoms with E-state index in [4.69, 9.17) is 31.4 Å². The Morgan fingerprint density at radius 2 is 1.61 bits per heavy atom. The van der Waals surface area contributed by atoms with Gasteiger partial charge in [-0.05, 0) is 63.5 Å². The molecule has 0 amide bonds. The Bertz CT molecular complexity index is 2020. The predicted molar refractivity (Wildman–Crippen MR) is 192 cm³/mol. The number of nitriles is 1. The summed E-state index contributed by atoms with van der Waals surface area (Å²) in [7, 11) is 23.0. The van der Waals surface area contributed by atoms with Crippen molar-refractivity contribution in [1.82, 2.24) is 19.4 Å². The first kappa shape index (κ1) is 37.5. The van der Waals surface area contributed by atoms with Gasteiger partial charge < -0.3 is 14.8 Å². The second-order valence-electron chi connectivity index (χ2n) is 14.5. The zero-order valence-electron chi connectivity index (χ0n) is 28.5. The maximum absolute atomic E-state index is 16.2. The summed E-state index contributed by atoms with van der Waals surface area (Å²) in [5, 5.41) is 10.7. The van der Waals surface area contributed by atoms with Crippen molar-refractivity contribution in [3.8, 4) is 6.07 Å². The Labute approximate surface area is 301 Å². The number of halogens is 3. The third-order valence-corrected chi connectivity index (χ3v) is 12.7. The number of alkyl halides is 2. The summed E-state index contributed by atoms with van der Waals surface area (Å²) in [6.07, 6.45) is 3.06. The largest absolute Gasteiger partial charge is 0.363 e. The standard InChI is InChI=1S/C34H37B4F3N6O3S/c1-21-23-6-5-7-25(27(23)39)34(40,41)22-8-14-46(15-9-22)32(35,36)10-3-2-4-11-33(37,38)47-29-24(28(45-21)43-20-44-29)18-26(30(47)48)31(19-42)12-16-51(49,50)17-13-31/h5-7,18,20-22H,2-4,8-17H2,1H3,(H,43,44,45)/t21-/m1/s1. The highest BCUT2D eigenvalue weighted by Crippen LogP contribution is 2.45. The highest BCUT2D eigenvalue weighted by Gasteiger charge is 2.46. The number of hydrogen-bond donors (Lipinski definition) is 1. The molecular weight excluding hydrogens is 673 g/mol. The van der Waals surface area contributed by atoms with E-state index in [9.17, 15) is 18.5 Å². The maximum atomic E-state index is 16.2. The molecule has 17 heteroatoms. The van der Waals surface area contributed by atoms with Crippen molar-refractivity contribution in [3.63, 3.8) is 0 Å². The van der Waals surface area contributed by atoms with Crippen molar-refractivity contribution in [1.29, 1.82) is 5.26 Å². The van der Waals surface area contributed by atoms with Gasteiger partial charge in [-0.3, -0.25) is 4.79 Å². The summed E-state index contributed by atoms with van der Waals surface area (Å²) in [6, 6.07) is 6.61. The van der Waals surface area contributed by atoms with E-state index in [1.54, 1.807) is 11.8 Å². The monoisotopic (exact) mass is 710 g/mol. The summed E-state index contributed by atoms with van der Waals surface area (Å²) in [6.45, 7) is 2.03. The molecule has 1 atom stereocenters. The van der Waals surface area contributed by atoms with Crippen LogP contribution < -0.4 is 10.9 Å². The van der Waals surface area contributed by atoms with Gasteiger partial charge in [0.2, 0.25) is 0 Å². The Hall–Kier alpha value is -3.24. The molecule has 4 aliphatic rings. The Morgan fingerprint density at radius 1 is 0.961 bits per heavy atom. The lowest BCUT2D eigenvalue weighted by molar-refractivity contribution is -0.0903. The quantitative estimate of drug-likeness (QED) is 0.380. The molecule has 0 spiro atoms. The van der Waals surface area contributed by atoms with Crippen LogP contribution in [0.2, 0.25) is 0 Å². The van der Waals surface area contributed by atoms with Gasteiger partial charge in [-0.2, -0.15) is 5.26 Å². The molecule has 1 aromatic carbocycles. The van der Waals surface area contributed by atoms with Gasteiger partial charge in [0, 0.05) is 17.0 Å². The van der Waals surface area contributed by atoms with Crippen LogP contribution in [0.1, 0.15) is 87.4 Å². The molecule has 4 aliphatic heterocycles. The molecule has 3 aromatic rings. The Kier molecular flexibility index (Phi) is 10.0. The van der Waals surface area contributed by atoms with E-state index in [0.29, 0.717) is 25.7 Å². The summed E-state index contributed by atoms with van der Waals surface area (Å²) in [4.78, 5) is 24.9. The van der Waals surface area contributed by atoms with Crippen LogP contribution in [0.3, 0.4) is 0 Å². The van der Waals surface area contributed by atoms with Crippen molar-refractivity contribution >= 4 is 58.1 Å². The Balaban J connectivity index is 1.51. The molecule has 9 nitrogen and oxygen atoms in total. The van der Waals surface area contributed by atoms with E-state index < -0.39 is 60.7 Å². The number of nitrogens with zero attached hydrogens (tertiary/aromatic N) is 5. The third-order valence-electron chi connectivity index (χ3n) is 11.1. The number of sulfone groups is 1. The fourth-order valence-electron chi connectivity index (χ4n) is 7.86. The lowest BCUT2D eigenvalue weighted by Crippen LogP contribution is -2.54. The first-order valence-electron chi connectivity index (χ1n) is 17.3. The van der Waals surface area contributed by atoms with E-state index in [0.717, 1.165) is 10.6 Å². The lowest BCUT2D eigenvalue weighted by atomic mass is 9.57. The second-order valence-corrected chi connectivity index (χ2v) is 16.8. The molecule has 8 bridgehead atoms. The minimum absolute atomic E-state index is 0.0222. The molecule has 1 N–H and O–H groups in total. The second kappa shape index (κ2) is 13.6. The molecule has 260 valence electrons. The molecule has 7 rings (SSSR count). The summed E-state index contributed by atoms with van der Waals surface area (Å²) in [5.41, 5.74) is -2.95. The highest BCUT2D eigenvalue weighted by atomic mass is 32.2. The predicted octanol–water partition coefficient (Wildman–Crippen LogP) is 3.78. The molecule has 2 fully saturated rings. The number of hydrogen-bond acceptors (Lipinski definition) is 8. The number of nitrogens with one attached hydrogen (secondary N) is 1. The fraction of sp³-hybridized carbons (Fsp3) is 0.588. The molecule has 0 aliphatic carbocycles. The van der Waals surface area contributed by atoms with Gasteiger partial charge >= 0.3 is 0 Å². The number of piperidine rings is 1. The first-order chi connectivity index (χ1) is 23.9. The fourth-order valence-corrected chi connectivity index (χ4v) is 9.38. The van der Waals surface area contributed by atoms with Crippen LogP contribution in [-0.4, -0.2) is 89.2 Å². The summed E-state index contributed by atoms with van der Waals surface area (Å²) < 4.78 is 74.2. The topological polar surface area (TPSA) is 121 Å². The zero-order valence-corrected chi connectivity index (χ0v) is 29.4. The lowest BCUT2D eigenvalue weighted by Gasteiger charge is -2.45. The number of fused-ring (bicyclic) bond motifs is 9. The van der Waals surface area contributed by atoms with Gasteiger partial charge in [-0.15, -0.1) is 0 Å². The van der Waals surface area contributed by atoms with Crippen LogP contribution in [0.5, 0.6) is 0 Å². The van der Waals surface area contributed by atoms with Crippen LogP contribution in [0.15, 0.2) is 35.4 Å². The normalized spacial score (nSPS) is 27.1. The van der Waals surface area contributed by atoms with Crippen LogP contribution >= 0.6 is 0 Å². The number of benzene rings is 1. The SMILES string of the molecule is [B]C1([B])CCCCCC([B])([B])n2c(=O)c(C3(C#N)CCS(=O)(=O)CC3)cc3c(ncnc32)N[C@H](C)c2cccc(c2F)C(F)(F)C2CCN1CC2. The zero-order chi connectivity index (χ0) is 37.0. The molecule has 2 aromatic heterocycles. The maximum Gasteiger partial charge on any atom is 0.278 e. The van der Waals surface area contributed by atoms with Crippen molar-refractivity contribution in [3.05, 3.63) is 63.5 Å². The van der Waals surface area contributed by atoms with Crippen molar-refractivity contribution in [2.45, 2.75) is 92.8 Å². The smallest absolute Gasteiger partial charge is 0.278 e. The van der Waals surface area contributed by atoms with Crippen LogP contribution in [0.25, 0.3) is 11.0 Å². The molecule has 6 heterocycles. The number of aromatic nitrogens is 3. The van der Waals surface area contributed by atoms with Gasteiger partial charge in [0.05, 0.1) is 71.4 Å². The van der Waals surface area contributed by atoms with E-state index in [1.807, 2.05) is 0 Å². The average Bonchev–Trinajstić information content (AvgIpc) is 3.08. The van der Waals surface area contributed by atoms with Gasteiger partial charge in [0.25, 0.3) is 11.5 Å². The minimum Gasteiger partial charge on any atom is -0.363 e.